The highest BCUT2D eigenvalue weighted by Gasteiger charge is 2.36. The van der Waals surface area contributed by atoms with Gasteiger partial charge in [-0.3, -0.25) is 5.10 Å². The molecule has 1 aliphatic rings. The zero-order valence-corrected chi connectivity index (χ0v) is 14.9. The van der Waals surface area contributed by atoms with Gasteiger partial charge in [0.05, 0.1) is 17.2 Å². The largest absolute Gasteiger partial charge is 0.420 e. The standard InChI is InChI=1S/C23H16N4O/c24-13-18-19(17-12-6-10-14-7-4-5-11-16(14)17)20-21(15-8-2-1-3-9-15)26-27-23(20)28-22(18)25/h1-12,19H,25H2,(H,26,27)/t19-/m0/s1. The maximum atomic E-state index is 9.89. The molecule has 0 saturated heterocycles. The maximum absolute atomic E-state index is 9.89. The molecule has 0 radical (unpaired) electrons. The van der Waals surface area contributed by atoms with Crippen LogP contribution < -0.4 is 10.5 Å². The molecule has 0 amide bonds. The second-order valence-corrected chi connectivity index (χ2v) is 6.68. The fraction of sp³-hybridized carbons (Fsp3) is 0.0435. The number of aromatic nitrogens is 2. The van der Waals surface area contributed by atoms with Gasteiger partial charge in [-0.05, 0) is 21.9 Å². The van der Waals surface area contributed by atoms with E-state index in [0.29, 0.717) is 11.5 Å². The first-order valence-corrected chi connectivity index (χ1v) is 8.97. The number of nitrogens with two attached hydrogens (primary N) is 1. The van der Waals surface area contributed by atoms with E-state index < -0.39 is 0 Å². The molecule has 1 aliphatic heterocycles. The molecule has 0 bridgehead atoms. The number of nitrogens with one attached hydrogen (secondary N) is 1. The fourth-order valence-electron chi connectivity index (χ4n) is 3.88. The summed E-state index contributed by atoms with van der Waals surface area (Å²) in [5, 5.41) is 19.5. The monoisotopic (exact) mass is 364 g/mol. The van der Waals surface area contributed by atoms with Crippen LogP contribution in [-0.4, -0.2) is 10.2 Å². The molecule has 134 valence electrons. The van der Waals surface area contributed by atoms with Crippen LogP contribution in [0.5, 0.6) is 5.88 Å². The first kappa shape index (κ1) is 16.2. The van der Waals surface area contributed by atoms with Crippen LogP contribution in [0.25, 0.3) is 22.0 Å². The summed E-state index contributed by atoms with van der Waals surface area (Å²) in [5.74, 6) is 0.140. The highest BCUT2D eigenvalue weighted by Crippen LogP contribution is 2.47. The van der Waals surface area contributed by atoms with Crippen LogP contribution in [0, 0.1) is 11.3 Å². The van der Waals surface area contributed by atoms with Gasteiger partial charge < -0.3 is 10.5 Å². The van der Waals surface area contributed by atoms with Gasteiger partial charge in [-0.2, -0.15) is 5.26 Å². The van der Waals surface area contributed by atoms with E-state index in [2.05, 4.69) is 34.5 Å². The van der Waals surface area contributed by atoms with E-state index in [-0.39, 0.29) is 11.8 Å². The summed E-state index contributed by atoms with van der Waals surface area (Å²) >= 11 is 0. The van der Waals surface area contributed by atoms with Crippen molar-refractivity contribution in [1.29, 1.82) is 5.26 Å². The summed E-state index contributed by atoms with van der Waals surface area (Å²) in [5.41, 5.74) is 10.1. The van der Waals surface area contributed by atoms with Crippen molar-refractivity contribution >= 4 is 10.8 Å². The second-order valence-electron chi connectivity index (χ2n) is 6.68. The number of allylic oxidation sites excluding steroid dienone is 1. The molecule has 3 N–H and O–H groups in total. The van der Waals surface area contributed by atoms with Crippen molar-refractivity contribution in [3.05, 3.63) is 95.4 Å². The summed E-state index contributed by atoms with van der Waals surface area (Å²) in [6.45, 7) is 0. The highest BCUT2D eigenvalue weighted by atomic mass is 16.5. The average molecular weight is 364 g/mol. The SMILES string of the molecule is N#CC1=C(N)Oc2n[nH]c(-c3ccccc3)c2[C@H]1c1cccc2ccccc12. The lowest BCUT2D eigenvalue weighted by molar-refractivity contribution is 0.379. The van der Waals surface area contributed by atoms with Gasteiger partial charge >= 0.3 is 0 Å². The normalized spacial score (nSPS) is 15.8. The molecule has 5 heteroatoms. The first-order chi connectivity index (χ1) is 13.8. The van der Waals surface area contributed by atoms with E-state index in [1.54, 1.807) is 0 Å². The van der Waals surface area contributed by atoms with E-state index in [0.717, 1.165) is 33.2 Å². The molecule has 0 fully saturated rings. The summed E-state index contributed by atoms with van der Waals surface area (Å²) in [6.07, 6.45) is 0. The predicted octanol–water partition coefficient (Wildman–Crippen LogP) is 4.45. The van der Waals surface area contributed by atoms with Gasteiger partial charge in [0.2, 0.25) is 11.8 Å². The first-order valence-electron chi connectivity index (χ1n) is 8.97. The van der Waals surface area contributed by atoms with Gasteiger partial charge in [0.25, 0.3) is 0 Å². The minimum absolute atomic E-state index is 0.0963. The van der Waals surface area contributed by atoms with Gasteiger partial charge in [-0.1, -0.05) is 72.8 Å². The van der Waals surface area contributed by atoms with Crippen LogP contribution in [0.15, 0.2) is 84.3 Å². The number of nitriles is 1. The van der Waals surface area contributed by atoms with Crippen molar-refractivity contribution < 1.29 is 4.74 Å². The number of H-pyrrole nitrogens is 1. The van der Waals surface area contributed by atoms with Crippen LogP contribution in [0.4, 0.5) is 0 Å². The van der Waals surface area contributed by atoms with Gasteiger partial charge in [-0.25, -0.2) is 0 Å². The Morgan fingerprint density at radius 3 is 2.54 bits per heavy atom. The molecular formula is C23H16N4O. The summed E-state index contributed by atoms with van der Waals surface area (Å²) in [7, 11) is 0. The molecule has 0 aliphatic carbocycles. The number of nitrogens with zero attached hydrogens (tertiary/aromatic N) is 2. The lowest BCUT2D eigenvalue weighted by Gasteiger charge is -2.25. The van der Waals surface area contributed by atoms with Crippen LogP contribution in [-0.2, 0) is 0 Å². The minimum Gasteiger partial charge on any atom is -0.420 e. The topological polar surface area (TPSA) is 87.7 Å². The summed E-state index contributed by atoms with van der Waals surface area (Å²) in [4.78, 5) is 0. The minimum atomic E-state index is -0.367. The Bertz CT molecular complexity index is 1260. The Kier molecular flexibility index (Phi) is 3.63. The molecule has 2 heterocycles. The third-order valence-corrected chi connectivity index (χ3v) is 5.14. The fourth-order valence-corrected chi connectivity index (χ4v) is 3.88. The third-order valence-electron chi connectivity index (χ3n) is 5.14. The van der Waals surface area contributed by atoms with E-state index >= 15 is 0 Å². The molecule has 4 aromatic rings. The van der Waals surface area contributed by atoms with Crippen molar-refractivity contribution in [2.45, 2.75) is 5.92 Å². The van der Waals surface area contributed by atoms with Crippen molar-refractivity contribution in [2.24, 2.45) is 5.73 Å². The van der Waals surface area contributed by atoms with Crippen LogP contribution in [0.2, 0.25) is 0 Å². The smallest absolute Gasteiger partial charge is 0.244 e. The van der Waals surface area contributed by atoms with Gasteiger partial charge in [0, 0.05) is 0 Å². The molecule has 0 saturated carbocycles. The highest BCUT2D eigenvalue weighted by molar-refractivity contribution is 5.88. The van der Waals surface area contributed by atoms with Gasteiger partial charge in [0.15, 0.2) is 0 Å². The Labute approximate surface area is 161 Å². The molecule has 0 spiro atoms. The van der Waals surface area contributed by atoms with E-state index in [4.69, 9.17) is 10.5 Å². The van der Waals surface area contributed by atoms with E-state index in [1.165, 1.54) is 0 Å². The third kappa shape index (κ3) is 2.36. The molecule has 1 atom stereocenters. The molecule has 28 heavy (non-hydrogen) atoms. The van der Waals surface area contributed by atoms with Crippen LogP contribution in [0.1, 0.15) is 17.0 Å². The number of aromatic amines is 1. The van der Waals surface area contributed by atoms with Crippen molar-refractivity contribution in [1.82, 2.24) is 10.2 Å². The molecule has 0 unspecified atom stereocenters. The maximum Gasteiger partial charge on any atom is 0.244 e. The van der Waals surface area contributed by atoms with Gasteiger partial charge in [0.1, 0.15) is 11.6 Å². The zero-order chi connectivity index (χ0) is 19.1. The van der Waals surface area contributed by atoms with Crippen molar-refractivity contribution in [3.63, 3.8) is 0 Å². The van der Waals surface area contributed by atoms with E-state index in [1.807, 2.05) is 54.6 Å². The summed E-state index contributed by atoms with van der Waals surface area (Å²) in [6, 6.07) is 26.4. The van der Waals surface area contributed by atoms with Gasteiger partial charge in [-0.15, -0.1) is 5.10 Å². The molecular weight excluding hydrogens is 348 g/mol. The predicted molar refractivity (Wildman–Crippen MR) is 107 cm³/mol. The number of benzene rings is 3. The average Bonchev–Trinajstić information content (AvgIpc) is 3.16. The number of ether oxygens (including phenoxy) is 1. The van der Waals surface area contributed by atoms with Crippen molar-refractivity contribution in [2.75, 3.05) is 0 Å². The number of fused-ring (bicyclic) bond motifs is 2. The van der Waals surface area contributed by atoms with E-state index in [9.17, 15) is 5.26 Å². The van der Waals surface area contributed by atoms with Crippen molar-refractivity contribution in [3.8, 4) is 23.2 Å². The van der Waals surface area contributed by atoms with Crippen LogP contribution in [0.3, 0.4) is 0 Å². The van der Waals surface area contributed by atoms with Crippen LogP contribution >= 0.6 is 0 Å². The molecule has 5 nitrogen and oxygen atoms in total. The Hall–Kier alpha value is -4.04. The molecule has 1 aromatic heterocycles. The Morgan fingerprint density at radius 1 is 0.964 bits per heavy atom. The quantitative estimate of drug-likeness (QED) is 0.550. The Balaban J connectivity index is 1.82. The lowest BCUT2D eigenvalue weighted by Crippen LogP contribution is -2.21. The second kappa shape index (κ2) is 6.29. The number of rotatable bonds is 2. The Morgan fingerprint density at radius 2 is 1.71 bits per heavy atom. The summed E-state index contributed by atoms with van der Waals surface area (Å²) < 4.78 is 5.69. The molecule has 5 rings (SSSR count). The zero-order valence-electron chi connectivity index (χ0n) is 14.9. The molecule has 3 aromatic carbocycles. The number of hydrogen-bond donors (Lipinski definition) is 2. The lowest BCUT2D eigenvalue weighted by atomic mass is 9.81. The number of hydrogen-bond acceptors (Lipinski definition) is 4.